The summed E-state index contributed by atoms with van der Waals surface area (Å²) in [6.45, 7) is 12.1. The molecule has 2 aliphatic heterocycles. The third-order valence-electron chi connectivity index (χ3n) is 4.19. The van der Waals surface area contributed by atoms with Crippen molar-refractivity contribution in [3.05, 3.63) is 0 Å². The highest BCUT2D eigenvalue weighted by molar-refractivity contribution is 5.78. The fourth-order valence-electron chi connectivity index (χ4n) is 3.19. The molecule has 4 heteroatoms. The quantitative estimate of drug-likeness (QED) is 0.848. The van der Waals surface area contributed by atoms with Crippen LogP contribution in [0.4, 0.5) is 0 Å². The average molecular weight is 268 g/mol. The van der Waals surface area contributed by atoms with Crippen molar-refractivity contribution < 1.29 is 9.53 Å². The van der Waals surface area contributed by atoms with Gasteiger partial charge >= 0.3 is 0 Å². The van der Waals surface area contributed by atoms with Gasteiger partial charge in [0.2, 0.25) is 5.91 Å². The Morgan fingerprint density at radius 1 is 1.37 bits per heavy atom. The SMILES string of the molecule is CC1(C)CCN(CC(=O)N[C@@H]2CCOC(C)(C)C2)C1. The minimum Gasteiger partial charge on any atom is -0.375 e. The van der Waals surface area contributed by atoms with Gasteiger partial charge in [0.05, 0.1) is 12.1 Å². The Morgan fingerprint density at radius 3 is 2.68 bits per heavy atom. The largest absolute Gasteiger partial charge is 0.375 e. The molecule has 0 unspecified atom stereocenters. The van der Waals surface area contributed by atoms with Crippen LogP contribution in [0.3, 0.4) is 0 Å². The number of hydrogen-bond acceptors (Lipinski definition) is 3. The summed E-state index contributed by atoms with van der Waals surface area (Å²) in [5.74, 6) is 0.167. The fraction of sp³-hybridized carbons (Fsp3) is 0.933. The van der Waals surface area contributed by atoms with E-state index in [0.29, 0.717) is 12.0 Å². The molecule has 0 aromatic heterocycles. The van der Waals surface area contributed by atoms with E-state index < -0.39 is 0 Å². The molecule has 2 heterocycles. The lowest BCUT2D eigenvalue weighted by Crippen LogP contribution is -2.48. The second-order valence-corrected chi connectivity index (χ2v) is 7.49. The molecule has 2 saturated heterocycles. The minimum atomic E-state index is -0.105. The Bertz CT molecular complexity index is 339. The molecule has 0 bridgehead atoms. The van der Waals surface area contributed by atoms with E-state index in [9.17, 15) is 4.79 Å². The van der Waals surface area contributed by atoms with E-state index in [4.69, 9.17) is 4.74 Å². The van der Waals surface area contributed by atoms with Gasteiger partial charge in [-0.15, -0.1) is 0 Å². The summed E-state index contributed by atoms with van der Waals surface area (Å²) in [5, 5.41) is 3.17. The first kappa shape index (κ1) is 14.8. The molecule has 4 nitrogen and oxygen atoms in total. The van der Waals surface area contributed by atoms with Crippen LogP contribution in [0.2, 0.25) is 0 Å². The Hall–Kier alpha value is -0.610. The number of nitrogens with zero attached hydrogens (tertiary/aromatic N) is 1. The maximum absolute atomic E-state index is 12.1. The molecule has 0 aromatic rings. The predicted octanol–water partition coefficient (Wildman–Crippen LogP) is 1.79. The highest BCUT2D eigenvalue weighted by Crippen LogP contribution is 2.28. The monoisotopic (exact) mass is 268 g/mol. The van der Waals surface area contributed by atoms with E-state index in [2.05, 4.69) is 37.9 Å². The summed E-state index contributed by atoms with van der Waals surface area (Å²) in [4.78, 5) is 14.4. The molecule has 1 amide bonds. The van der Waals surface area contributed by atoms with E-state index in [1.807, 2.05) is 0 Å². The lowest BCUT2D eigenvalue weighted by Gasteiger charge is -2.36. The topological polar surface area (TPSA) is 41.6 Å². The first-order valence-electron chi connectivity index (χ1n) is 7.41. The van der Waals surface area contributed by atoms with Gasteiger partial charge in [-0.05, 0) is 45.1 Å². The zero-order valence-electron chi connectivity index (χ0n) is 12.8. The third kappa shape index (κ3) is 4.46. The molecule has 0 aromatic carbocycles. The summed E-state index contributed by atoms with van der Waals surface area (Å²) in [5.41, 5.74) is 0.257. The zero-order chi connectivity index (χ0) is 14.1. The molecule has 0 saturated carbocycles. The molecule has 110 valence electrons. The number of carbonyl (C=O) groups excluding carboxylic acids is 1. The molecule has 0 radical (unpaired) electrons. The van der Waals surface area contributed by atoms with Crippen LogP contribution >= 0.6 is 0 Å². The number of rotatable bonds is 3. The van der Waals surface area contributed by atoms with E-state index in [1.165, 1.54) is 6.42 Å². The van der Waals surface area contributed by atoms with Gasteiger partial charge in [-0.3, -0.25) is 9.69 Å². The van der Waals surface area contributed by atoms with Crippen LogP contribution in [0.5, 0.6) is 0 Å². The van der Waals surface area contributed by atoms with Crippen molar-refractivity contribution in [2.45, 2.75) is 58.6 Å². The average Bonchev–Trinajstić information content (AvgIpc) is 2.56. The maximum Gasteiger partial charge on any atom is 0.234 e. The van der Waals surface area contributed by atoms with Crippen molar-refractivity contribution >= 4 is 5.91 Å². The minimum absolute atomic E-state index is 0.105. The molecular weight excluding hydrogens is 240 g/mol. The molecule has 0 aliphatic carbocycles. The molecule has 1 N–H and O–H groups in total. The second kappa shape index (κ2) is 5.41. The number of hydrogen-bond donors (Lipinski definition) is 1. The molecule has 2 fully saturated rings. The second-order valence-electron chi connectivity index (χ2n) is 7.49. The van der Waals surface area contributed by atoms with Crippen molar-refractivity contribution in [3.63, 3.8) is 0 Å². The van der Waals surface area contributed by atoms with Crippen molar-refractivity contribution in [1.29, 1.82) is 0 Å². The summed E-state index contributed by atoms with van der Waals surface area (Å²) >= 11 is 0. The Labute approximate surface area is 116 Å². The zero-order valence-corrected chi connectivity index (χ0v) is 12.8. The van der Waals surface area contributed by atoms with E-state index in [0.717, 1.165) is 32.5 Å². The summed E-state index contributed by atoms with van der Waals surface area (Å²) in [6, 6.07) is 0.270. The van der Waals surface area contributed by atoms with Crippen molar-refractivity contribution in [2.75, 3.05) is 26.2 Å². The van der Waals surface area contributed by atoms with E-state index >= 15 is 0 Å². The Morgan fingerprint density at radius 2 is 2.11 bits per heavy atom. The van der Waals surface area contributed by atoms with Crippen LogP contribution in [0.1, 0.15) is 47.0 Å². The molecule has 2 rings (SSSR count). The smallest absolute Gasteiger partial charge is 0.234 e. The van der Waals surface area contributed by atoms with Crippen molar-refractivity contribution in [2.24, 2.45) is 5.41 Å². The summed E-state index contributed by atoms with van der Waals surface area (Å²) < 4.78 is 5.68. The predicted molar refractivity (Wildman–Crippen MR) is 76.0 cm³/mol. The van der Waals surface area contributed by atoms with Crippen molar-refractivity contribution in [3.8, 4) is 0 Å². The Kier molecular flexibility index (Phi) is 4.21. The number of carbonyl (C=O) groups is 1. The third-order valence-corrected chi connectivity index (χ3v) is 4.19. The Balaban J connectivity index is 1.76. The van der Waals surface area contributed by atoms with E-state index in [1.54, 1.807) is 0 Å². The van der Waals surface area contributed by atoms with Crippen LogP contribution in [0.25, 0.3) is 0 Å². The maximum atomic E-state index is 12.1. The molecule has 19 heavy (non-hydrogen) atoms. The number of amides is 1. The van der Waals surface area contributed by atoms with Gasteiger partial charge in [0.15, 0.2) is 0 Å². The standard InChI is InChI=1S/C15H28N2O2/c1-14(2)6-7-17(11-14)10-13(18)16-12-5-8-19-15(3,4)9-12/h12H,5-11H2,1-4H3,(H,16,18)/t12-/m1/s1. The van der Waals surface area contributed by atoms with Crippen LogP contribution < -0.4 is 5.32 Å². The van der Waals surface area contributed by atoms with Gasteiger partial charge in [0, 0.05) is 19.2 Å². The van der Waals surface area contributed by atoms with Gasteiger partial charge in [-0.25, -0.2) is 0 Å². The highest BCUT2D eigenvalue weighted by atomic mass is 16.5. The van der Waals surface area contributed by atoms with Crippen LogP contribution in [-0.4, -0.2) is 48.7 Å². The van der Waals surface area contributed by atoms with E-state index in [-0.39, 0.29) is 17.6 Å². The van der Waals surface area contributed by atoms with Crippen LogP contribution in [-0.2, 0) is 9.53 Å². The van der Waals surface area contributed by atoms with Gasteiger partial charge in [0.25, 0.3) is 0 Å². The van der Waals surface area contributed by atoms with Crippen LogP contribution in [0.15, 0.2) is 0 Å². The molecular formula is C15H28N2O2. The summed E-state index contributed by atoms with van der Waals surface area (Å²) in [7, 11) is 0. The van der Waals surface area contributed by atoms with Gasteiger partial charge in [0.1, 0.15) is 0 Å². The van der Waals surface area contributed by atoms with Crippen molar-refractivity contribution in [1.82, 2.24) is 10.2 Å². The number of likely N-dealkylation sites (tertiary alicyclic amines) is 1. The van der Waals surface area contributed by atoms with Gasteiger partial charge < -0.3 is 10.1 Å². The first-order chi connectivity index (χ1) is 8.76. The highest BCUT2D eigenvalue weighted by Gasteiger charge is 2.32. The fourth-order valence-corrected chi connectivity index (χ4v) is 3.19. The first-order valence-corrected chi connectivity index (χ1v) is 7.41. The molecule has 2 aliphatic rings. The normalized spacial score (nSPS) is 30.2. The van der Waals surface area contributed by atoms with Gasteiger partial charge in [-0.1, -0.05) is 13.8 Å². The molecule has 0 spiro atoms. The number of ether oxygens (including phenoxy) is 1. The lowest BCUT2D eigenvalue weighted by molar-refractivity contribution is -0.125. The van der Waals surface area contributed by atoms with Crippen LogP contribution in [0, 0.1) is 5.41 Å². The molecule has 1 atom stereocenters. The number of nitrogens with one attached hydrogen (secondary N) is 1. The summed E-state index contributed by atoms with van der Waals surface area (Å²) in [6.07, 6.45) is 3.02. The lowest BCUT2D eigenvalue weighted by atomic mass is 9.93. The van der Waals surface area contributed by atoms with Gasteiger partial charge in [-0.2, -0.15) is 0 Å².